The van der Waals surface area contributed by atoms with E-state index < -0.39 is 0 Å². The zero-order valence-electron chi connectivity index (χ0n) is 11.9. The van der Waals surface area contributed by atoms with Gasteiger partial charge in [0.1, 0.15) is 0 Å². The topological polar surface area (TPSA) is 50.4 Å². The number of para-hydroxylation sites is 1. The molecule has 2 N–H and O–H groups in total. The van der Waals surface area contributed by atoms with E-state index in [0.717, 1.165) is 37.1 Å². The fourth-order valence-corrected chi connectivity index (χ4v) is 3.14. The Labute approximate surface area is 119 Å². The predicted octanol–water partition coefficient (Wildman–Crippen LogP) is 2.27. The summed E-state index contributed by atoms with van der Waals surface area (Å²) in [7, 11) is 1.74. The molecule has 0 bridgehead atoms. The molecular weight excluding hydrogens is 252 g/mol. The van der Waals surface area contributed by atoms with Crippen LogP contribution in [0.1, 0.15) is 37.2 Å². The van der Waals surface area contributed by atoms with Crippen LogP contribution in [0, 0.1) is 0 Å². The van der Waals surface area contributed by atoms with Crippen LogP contribution in [0.3, 0.4) is 0 Å². The molecule has 1 saturated carbocycles. The molecule has 0 radical (unpaired) electrons. The second-order valence-electron chi connectivity index (χ2n) is 5.81. The van der Waals surface area contributed by atoms with Crippen molar-refractivity contribution in [2.45, 2.75) is 37.2 Å². The molecule has 1 heterocycles. The molecule has 1 fully saturated rings. The highest BCUT2D eigenvalue weighted by Gasteiger charge is 2.38. The highest BCUT2D eigenvalue weighted by atomic mass is 16.5. The minimum absolute atomic E-state index is 0.0403. The van der Waals surface area contributed by atoms with Gasteiger partial charge in [0.2, 0.25) is 5.91 Å². The molecular formula is C16H22N2O2. The lowest BCUT2D eigenvalue weighted by Gasteiger charge is -2.41. The Balaban J connectivity index is 1.66. The maximum atomic E-state index is 12.5. The van der Waals surface area contributed by atoms with Gasteiger partial charge in [-0.1, -0.05) is 18.2 Å². The van der Waals surface area contributed by atoms with E-state index >= 15 is 0 Å². The zero-order chi connectivity index (χ0) is 14.0. The van der Waals surface area contributed by atoms with Gasteiger partial charge in [0, 0.05) is 25.9 Å². The fourth-order valence-electron chi connectivity index (χ4n) is 3.14. The van der Waals surface area contributed by atoms with Gasteiger partial charge in [-0.25, -0.2) is 0 Å². The van der Waals surface area contributed by atoms with Gasteiger partial charge in [0.05, 0.1) is 11.5 Å². The largest absolute Gasteiger partial charge is 0.385 e. The lowest BCUT2D eigenvalue weighted by Crippen LogP contribution is -2.50. The van der Waals surface area contributed by atoms with Crippen LogP contribution in [0.15, 0.2) is 24.3 Å². The summed E-state index contributed by atoms with van der Waals surface area (Å²) in [6.07, 6.45) is 4.14. The minimum atomic E-state index is -0.109. The van der Waals surface area contributed by atoms with E-state index in [1.807, 2.05) is 24.3 Å². The van der Waals surface area contributed by atoms with Gasteiger partial charge < -0.3 is 15.4 Å². The van der Waals surface area contributed by atoms with Crippen molar-refractivity contribution in [2.24, 2.45) is 0 Å². The van der Waals surface area contributed by atoms with Crippen LogP contribution in [0.4, 0.5) is 5.69 Å². The first-order valence-corrected chi connectivity index (χ1v) is 7.40. The molecule has 108 valence electrons. The zero-order valence-corrected chi connectivity index (χ0v) is 11.9. The van der Waals surface area contributed by atoms with Crippen LogP contribution in [0.2, 0.25) is 0 Å². The quantitative estimate of drug-likeness (QED) is 0.885. The average molecular weight is 274 g/mol. The van der Waals surface area contributed by atoms with Crippen LogP contribution in [0.25, 0.3) is 0 Å². The molecule has 3 rings (SSSR count). The molecule has 1 aliphatic heterocycles. The number of amides is 1. The number of hydrogen-bond donors (Lipinski definition) is 2. The van der Waals surface area contributed by atoms with Gasteiger partial charge in [-0.15, -0.1) is 0 Å². The van der Waals surface area contributed by atoms with Crippen molar-refractivity contribution < 1.29 is 9.53 Å². The number of carbonyl (C=O) groups is 1. The van der Waals surface area contributed by atoms with Crippen molar-refractivity contribution in [3.8, 4) is 0 Å². The third-order valence-corrected chi connectivity index (χ3v) is 4.68. The average Bonchev–Trinajstić information content (AvgIpc) is 2.46. The molecule has 0 spiro atoms. The number of ether oxygens (including phenoxy) is 1. The monoisotopic (exact) mass is 274 g/mol. The number of methoxy groups -OCH3 is 1. The van der Waals surface area contributed by atoms with Gasteiger partial charge >= 0.3 is 0 Å². The van der Waals surface area contributed by atoms with Crippen molar-refractivity contribution in [1.29, 1.82) is 0 Å². The maximum absolute atomic E-state index is 12.5. The highest BCUT2D eigenvalue weighted by molar-refractivity contribution is 5.86. The summed E-state index contributed by atoms with van der Waals surface area (Å²) in [6.45, 7) is 1.49. The van der Waals surface area contributed by atoms with Crippen molar-refractivity contribution in [3.63, 3.8) is 0 Å². The lowest BCUT2D eigenvalue weighted by molar-refractivity contribution is -0.126. The highest BCUT2D eigenvalue weighted by Crippen LogP contribution is 2.35. The predicted molar refractivity (Wildman–Crippen MR) is 78.9 cm³/mol. The smallest absolute Gasteiger partial charge is 0.227 e. The summed E-state index contributed by atoms with van der Waals surface area (Å²) in [5.74, 6) is 0.0868. The summed E-state index contributed by atoms with van der Waals surface area (Å²) in [6, 6.07) is 8.08. The van der Waals surface area contributed by atoms with E-state index in [9.17, 15) is 4.79 Å². The Kier molecular flexibility index (Phi) is 3.66. The second kappa shape index (κ2) is 5.44. The summed E-state index contributed by atoms with van der Waals surface area (Å²) in [4.78, 5) is 12.5. The first-order chi connectivity index (χ1) is 9.74. The van der Waals surface area contributed by atoms with Crippen molar-refractivity contribution in [1.82, 2.24) is 5.32 Å². The molecule has 4 nitrogen and oxygen atoms in total. The number of nitrogens with one attached hydrogen (secondary N) is 2. The molecule has 1 aromatic carbocycles. The van der Waals surface area contributed by atoms with Crippen molar-refractivity contribution in [2.75, 3.05) is 25.5 Å². The minimum Gasteiger partial charge on any atom is -0.385 e. The van der Waals surface area contributed by atoms with Crippen molar-refractivity contribution in [3.05, 3.63) is 29.8 Å². The Morgan fingerprint density at radius 3 is 2.95 bits per heavy atom. The molecule has 20 heavy (non-hydrogen) atoms. The number of carbonyl (C=O) groups excluding carboxylic acids is 1. The van der Waals surface area contributed by atoms with Crippen LogP contribution < -0.4 is 10.6 Å². The van der Waals surface area contributed by atoms with Gasteiger partial charge in [-0.3, -0.25) is 4.79 Å². The van der Waals surface area contributed by atoms with E-state index in [-0.39, 0.29) is 17.4 Å². The third-order valence-electron chi connectivity index (χ3n) is 4.68. The standard InChI is InChI=1S/C16H22N2O2/c1-20-16(8-4-9-16)11-18-15(19)13-7-10-17-14-6-3-2-5-12(13)14/h2-3,5-6,13,17H,4,7-11H2,1H3,(H,18,19). The van der Waals surface area contributed by atoms with E-state index in [0.29, 0.717) is 6.54 Å². The number of fused-ring (bicyclic) bond motifs is 1. The lowest BCUT2D eigenvalue weighted by atomic mass is 9.79. The fraction of sp³-hybridized carbons (Fsp3) is 0.562. The summed E-state index contributed by atoms with van der Waals surface area (Å²) < 4.78 is 5.55. The summed E-state index contributed by atoms with van der Waals surface area (Å²) in [5.41, 5.74) is 2.09. The van der Waals surface area contributed by atoms with E-state index in [1.54, 1.807) is 7.11 Å². The molecule has 0 aromatic heterocycles. The number of rotatable bonds is 4. The molecule has 1 atom stereocenters. The Hall–Kier alpha value is -1.55. The van der Waals surface area contributed by atoms with Gasteiger partial charge in [-0.2, -0.15) is 0 Å². The van der Waals surface area contributed by atoms with Crippen molar-refractivity contribution >= 4 is 11.6 Å². The molecule has 4 heteroatoms. The number of benzene rings is 1. The first kappa shape index (κ1) is 13.4. The number of hydrogen-bond acceptors (Lipinski definition) is 3. The normalized spacial score (nSPS) is 23.1. The molecule has 1 amide bonds. The molecule has 1 aliphatic carbocycles. The Bertz CT molecular complexity index is 491. The van der Waals surface area contributed by atoms with Crippen LogP contribution >= 0.6 is 0 Å². The summed E-state index contributed by atoms with van der Waals surface area (Å²) in [5, 5.41) is 6.44. The number of anilines is 1. The molecule has 1 aromatic rings. The molecule has 0 saturated heterocycles. The Morgan fingerprint density at radius 1 is 1.45 bits per heavy atom. The van der Waals surface area contributed by atoms with Gasteiger partial charge in [0.25, 0.3) is 0 Å². The first-order valence-electron chi connectivity index (χ1n) is 7.40. The maximum Gasteiger partial charge on any atom is 0.227 e. The van der Waals surface area contributed by atoms with Crippen LogP contribution in [-0.4, -0.2) is 31.7 Å². The molecule has 2 aliphatic rings. The van der Waals surface area contributed by atoms with E-state index in [4.69, 9.17) is 4.74 Å². The Morgan fingerprint density at radius 2 is 2.25 bits per heavy atom. The van der Waals surface area contributed by atoms with Gasteiger partial charge in [0.15, 0.2) is 0 Å². The van der Waals surface area contributed by atoms with Crippen LogP contribution in [-0.2, 0) is 9.53 Å². The third kappa shape index (κ3) is 2.40. The second-order valence-corrected chi connectivity index (χ2v) is 5.81. The van der Waals surface area contributed by atoms with Crippen LogP contribution in [0.5, 0.6) is 0 Å². The van der Waals surface area contributed by atoms with E-state index in [2.05, 4.69) is 10.6 Å². The van der Waals surface area contributed by atoms with Gasteiger partial charge in [-0.05, 0) is 37.3 Å². The summed E-state index contributed by atoms with van der Waals surface area (Å²) >= 11 is 0. The SMILES string of the molecule is COC1(CNC(=O)C2CCNc3ccccc32)CCC1. The van der Waals surface area contributed by atoms with E-state index in [1.165, 1.54) is 6.42 Å². The molecule has 1 unspecified atom stereocenters.